The quantitative estimate of drug-likeness (QED) is 0.650. The summed E-state index contributed by atoms with van der Waals surface area (Å²) in [6.07, 6.45) is 1.02. The van der Waals surface area contributed by atoms with Crippen LogP contribution in [-0.2, 0) is 21.4 Å². The van der Waals surface area contributed by atoms with Crippen LogP contribution in [0.5, 0.6) is 5.75 Å². The Hall–Kier alpha value is -1.96. The molecule has 9 heteroatoms. The molecule has 0 aliphatic carbocycles. The minimum absolute atomic E-state index is 0.156. The van der Waals surface area contributed by atoms with E-state index in [0.29, 0.717) is 10.8 Å². The number of hydrogen-bond acceptors (Lipinski definition) is 4. The predicted molar refractivity (Wildman–Crippen MR) is 113 cm³/mol. The third kappa shape index (κ3) is 5.10. The lowest BCUT2D eigenvalue weighted by Gasteiger charge is -2.32. The summed E-state index contributed by atoms with van der Waals surface area (Å²) in [5.41, 5.74) is 0.961. The first-order valence-electron chi connectivity index (χ1n) is 8.37. The van der Waals surface area contributed by atoms with Gasteiger partial charge in [0.1, 0.15) is 11.8 Å². The van der Waals surface area contributed by atoms with Gasteiger partial charge in [0.25, 0.3) is 0 Å². The van der Waals surface area contributed by atoms with Crippen LogP contribution in [0, 0.1) is 0 Å². The Labute approximate surface area is 175 Å². The number of likely N-dealkylation sites (N-methyl/N-ethyl adjacent to an activating group) is 1. The van der Waals surface area contributed by atoms with Gasteiger partial charge in [-0.1, -0.05) is 41.4 Å². The molecule has 28 heavy (non-hydrogen) atoms. The van der Waals surface area contributed by atoms with Crippen molar-refractivity contribution in [2.45, 2.75) is 19.5 Å². The molecule has 0 unspecified atom stereocenters. The van der Waals surface area contributed by atoms with Crippen molar-refractivity contribution in [2.24, 2.45) is 0 Å². The molecule has 0 saturated carbocycles. The number of amides is 1. The van der Waals surface area contributed by atoms with E-state index >= 15 is 0 Å². The fourth-order valence-corrected chi connectivity index (χ4v) is 4.51. The van der Waals surface area contributed by atoms with Crippen molar-refractivity contribution < 1.29 is 17.9 Å². The molecular weight excluding hydrogens is 423 g/mol. The number of anilines is 1. The maximum atomic E-state index is 13.0. The van der Waals surface area contributed by atoms with Crippen LogP contribution in [0.1, 0.15) is 12.5 Å². The molecule has 0 fully saturated rings. The van der Waals surface area contributed by atoms with Crippen molar-refractivity contribution in [1.82, 2.24) is 4.90 Å². The van der Waals surface area contributed by atoms with Crippen LogP contribution in [-0.4, -0.2) is 45.7 Å². The van der Waals surface area contributed by atoms with E-state index in [-0.39, 0.29) is 17.3 Å². The monoisotopic (exact) mass is 444 g/mol. The van der Waals surface area contributed by atoms with Gasteiger partial charge in [0.05, 0.1) is 24.1 Å². The molecule has 1 amide bonds. The molecule has 0 bridgehead atoms. The van der Waals surface area contributed by atoms with Crippen LogP contribution < -0.4 is 9.04 Å². The summed E-state index contributed by atoms with van der Waals surface area (Å²) in [6, 6.07) is 10.8. The number of rotatable bonds is 7. The molecular formula is C19H22Cl2N2O4S. The topological polar surface area (TPSA) is 66.9 Å². The average molecular weight is 445 g/mol. The number of carbonyl (C=O) groups is 1. The third-order valence-corrected chi connectivity index (χ3v) is 5.97. The summed E-state index contributed by atoms with van der Waals surface area (Å²) in [4.78, 5) is 14.5. The average Bonchev–Trinajstić information content (AvgIpc) is 2.63. The number of nitrogens with zero attached hydrogens (tertiary/aromatic N) is 2. The van der Waals surface area contributed by atoms with Crippen LogP contribution in [0.25, 0.3) is 0 Å². The van der Waals surface area contributed by atoms with E-state index in [2.05, 4.69) is 0 Å². The standard InChI is InChI=1S/C19H22Cl2N2O4S/c1-13(19(24)22(2)12-14-7-5-6-8-18(14)27-3)23(28(4,25)26)17-11-15(20)9-10-16(17)21/h5-11,13H,12H2,1-4H3/t13-/m0/s1. The van der Waals surface area contributed by atoms with Crippen molar-refractivity contribution >= 4 is 44.8 Å². The summed E-state index contributed by atoms with van der Waals surface area (Å²) in [5, 5.41) is 0.497. The van der Waals surface area contributed by atoms with Gasteiger partial charge in [-0.15, -0.1) is 0 Å². The van der Waals surface area contributed by atoms with Gasteiger partial charge in [0, 0.05) is 24.2 Å². The number of halogens is 2. The van der Waals surface area contributed by atoms with Crippen LogP contribution in [0.2, 0.25) is 10.0 Å². The number of benzene rings is 2. The minimum atomic E-state index is -3.80. The number of sulfonamides is 1. The van der Waals surface area contributed by atoms with Crippen LogP contribution in [0.4, 0.5) is 5.69 Å². The highest BCUT2D eigenvalue weighted by atomic mass is 35.5. The Morgan fingerprint density at radius 3 is 2.43 bits per heavy atom. The number of carbonyl (C=O) groups excluding carboxylic acids is 1. The molecule has 0 spiro atoms. The minimum Gasteiger partial charge on any atom is -0.496 e. The van der Waals surface area contributed by atoms with Gasteiger partial charge in [-0.2, -0.15) is 0 Å². The largest absolute Gasteiger partial charge is 0.496 e. The number of methoxy groups -OCH3 is 1. The molecule has 0 N–H and O–H groups in total. The molecule has 0 aliphatic heterocycles. The highest BCUT2D eigenvalue weighted by Gasteiger charge is 2.32. The van der Waals surface area contributed by atoms with E-state index in [1.807, 2.05) is 18.2 Å². The van der Waals surface area contributed by atoms with Gasteiger partial charge >= 0.3 is 0 Å². The molecule has 0 radical (unpaired) electrons. The van der Waals surface area contributed by atoms with Gasteiger partial charge < -0.3 is 9.64 Å². The molecule has 2 aromatic rings. The second-order valence-electron chi connectivity index (χ2n) is 6.34. The molecule has 0 saturated heterocycles. The Morgan fingerprint density at radius 2 is 1.82 bits per heavy atom. The van der Waals surface area contributed by atoms with Gasteiger partial charge in [-0.25, -0.2) is 8.42 Å². The van der Waals surface area contributed by atoms with E-state index in [4.69, 9.17) is 27.9 Å². The molecule has 152 valence electrons. The van der Waals surface area contributed by atoms with E-state index in [1.165, 1.54) is 24.0 Å². The third-order valence-electron chi connectivity index (χ3n) is 4.19. The van der Waals surface area contributed by atoms with E-state index in [0.717, 1.165) is 16.1 Å². The van der Waals surface area contributed by atoms with Gasteiger partial charge in [0.15, 0.2) is 0 Å². The number of ether oxygens (including phenoxy) is 1. The smallest absolute Gasteiger partial charge is 0.246 e. The van der Waals surface area contributed by atoms with Crippen LogP contribution in [0.15, 0.2) is 42.5 Å². The Bertz CT molecular complexity index is 966. The lowest BCUT2D eigenvalue weighted by atomic mass is 10.1. The maximum absolute atomic E-state index is 13.0. The van der Waals surface area contributed by atoms with Gasteiger partial charge in [-0.05, 0) is 31.2 Å². The van der Waals surface area contributed by atoms with E-state index in [9.17, 15) is 13.2 Å². The number of hydrogen-bond donors (Lipinski definition) is 0. The Morgan fingerprint density at radius 1 is 1.18 bits per heavy atom. The molecule has 2 aromatic carbocycles. The first kappa shape index (κ1) is 22.3. The molecule has 2 rings (SSSR count). The highest BCUT2D eigenvalue weighted by molar-refractivity contribution is 7.92. The SMILES string of the molecule is COc1ccccc1CN(C)C(=O)[C@H](C)N(c1cc(Cl)ccc1Cl)S(C)(=O)=O. The first-order chi connectivity index (χ1) is 13.1. The van der Waals surface area contributed by atoms with Gasteiger partial charge in [0.2, 0.25) is 15.9 Å². The Kier molecular flexibility index (Phi) is 7.20. The second kappa shape index (κ2) is 9.03. The van der Waals surface area contributed by atoms with Gasteiger partial charge in [-0.3, -0.25) is 9.10 Å². The fourth-order valence-electron chi connectivity index (χ4n) is 2.92. The van der Waals surface area contributed by atoms with Crippen molar-refractivity contribution in [1.29, 1.82) is 0 Å². The summed E-state index contributed by atoms with van der Waals surface area (Å²) in [6.45, 7) is 1.77. The summed E-state index contributed by atoms with van der Waals surface area (Å²) in [7, 11) is -0.649. The maximum Gasteiger partial charge on any atom is 0.246 e. The van der Waals surface area contributed by atoms with E-state index < -0.39 is 22.0 Å². The van der Waals surface area contributed by atoms with Crippen molar-refractivity contribution in [3.8, 4) is 5.75 Å². The molecule has 0 aliphatic rings. The predicted octanol–water partition coefficient (Wildman–Crippen LogP) is 3.82. The zero-order valence-corrected chi connectivity index (χ0v) is 18.3. The zero-order valence-electron chi connectivity index (χ0n) is 16.0. The molecule has 1 atom stereocenters. The van der Waals surface area contributed by atoms with Crippen LogP contribution in [0.3, 0.4) is 0 Å². The van der Waals surface area contributed by atoms with Crippen LogP contribution >= 0.6 is 23.2 Å². The molecule has 0 heterocycles. The molecule has 0 aromatic heterocycles. The zero-order chi connectivity index (χ0) is 21.1. The summed E-state index contributed by atoms with van der Waals surface area (Å²) >= 11 is 12.2. The molecule has 6 nitrogen and oxygen atoms in total. The number of para-hydroxylation sites is 1. The van der Waals surface area contributed by atoms with Crippen molar-refractivity contribution in [3.63, 3.8) is 0 Å². The van der Waals surface area contributed by atoms with Crippen molar-refractivity contribution in [2.75, 3.05) is 24.7 Å². The second-order valence-corrected chi connectivity index (χ2v) is 9.04. The van der Waals surface area contributed by atoms with E-state index in [1.54, 1.807) is 26.3 Å². The fraction of sp³-hybridized carbons (Fsp3) is 0.316. The van der Waals surface area contributed by atoms with Crippen molar-refractivity contribution in [3.05, 3.63) is 58.1 Å². The summed E-state index contributed by atoms with van der Waals surface area (Å²) < 4.78 is 31.2. The lowest BCUT2D eigenvalue weighted by molar-refractivity contribution is -0.131. The Balaban J connectivity index is 2.35. The first-order valence-corrected chi connectivity index (χ1v) is 11.0. The normalized spacial score (nSPS) is 12.4. The lowest BCUT2D eigenvalue weighted by Crippen LogP contribution is -2.48. The highest BCUT2D eigenvalue weighted by Crippen LogP contribution is 2.32. The summed E-state index contributed by atoms with van der Waals surface area (Å²) in [5.74, 6) is 0.250.